The highest BCUT2D eigenvalue weighted by molar-refractivity contribution is 5.80. The molecule has 1 amide bonds. The van der Waals surface area contributed by atoms with Crippen molar-refractivity contribution in [3.8, 4) is 0 Å². The van der Waals surface area contributed by atoms with Gasteiger partial charge in [0.1, 0.15) is 18.7 Å². The maximum Gasteiger partial charge on any atom is 0.247 e. The molecule has 1 aliphatic rings. The lowest BCUT2D eigenvalue weighted by atomic mass is 10.1. The van der Waals surface area contributed by atoms with Crippen LogP contribution in [0.5, 0.6) is 0 Å². The highest BCUT2D eigenvalue weighted by Gasteiger charge is 2.32. The van der Waals surface area contributed by atoms with Crippen LogP contribution in [0.25, 0.3) is 0 Å². The highest BCUT2D eigenvalue weighted by Crippen LogP contribution is 2.18. The summed E-state index contributed by atoms with van der Waals surface area (Å²) in [5.41, 5.74) is 5.90. The fourth-order valence-electron chi connectivity index (χ4n) is 1.97. The van der Waals surface area contributed by atoms with E-state index in [2.05, 4.69) is 17.0 Å². The van der Waals surface area contributed by atoms with Crippen LogP contribution in [-0.4, -0.2) is 44.7 Å². The smallest absolute Gasteiger partial charge is 0.247 e. The molecule has 0 aliphatic carbocycles. The number of amides is 1. The summed E-state index contributed by atoms with van der Waals surface area (Å²) < 4.78 is 1.57. The average Bonchev–Trinajstić information content (AvgIpc) is 2.87. The second-order valence-electron chi connectivity index (χ2n) is 4.44. The van der Waals surface area contributed by atoms with Gasteiger partial charge in [0, 0.05) is 19.1 Å². The molecule has 1 saturated heterocycles. The van der Waals surface area contributed by atoms with Crippen LogP contribution in [0.2, 0.25) is 0 Å². The van der Waals surface area contributed by atoms with Crippen molar-refractivity contribution < 1.29 is 4.79 Å². The van der Waals surface area contributed by atoms with Gasteiger partial charge in [-0.05, 0) is 12.8 Å². The summed E-state index contributed by atoms with van der Waals surface area (Å²) in [5.74, 6) is 0.428. The Kier molecular flexibility index (Phi) is 2.91. The largest absolute Gasteiger partial charge is 0.339 e. The van der Waals surface area contributed by atoms with Gasteiger partial charge in [-0.25, -0.2) is 9.67 Å². The number of aromatic nitrogens is 3. The quantitative estimate of drug-likeness (QED) is 0.743. The van der Waals surface area contributed by atoms with E-state index in [9.17, 15) is 4.79 Å². The van der Waals surface area contributed by atoms with Crippen LogP contribution in [0.1, 0.15) is 19.9 Å². The minimum absolute atomic E-state index is 0.0605. The predicted octanol–water partition coefficient (Wildman–Crippen LogP) is -0.355. The maximum atomic E-state index is 12.1. The van der Waals surface area contributed by atoms with Gasteiger partial charge in [-0.2, -0.15) is 5.10 Å². The van der Waals surface area contributed by atoms with Crippen molar-refractivity contribution in [2.24, 2.45) is 11.7 Å². The van der Waals surface area contributed by atoms with Gasteiger partial charge < -0.3 is 10.6 Å². The van der Waals surface area contributed by atoms with Crippen LogP contribution >= 0.6 is 0 Å². The van der Waals surface area contributed by atoms with Gasteiger partial charge in [-0.1, -0.05) is 6.92 Å². The molecule has 88 valence electrons. The van der Waals surface area contributed by atoms with Crippen LogP contribution in [0.3, 0.4) is 0 Å². The summed E-state index contributed by atoms with van der Waals surface area (Å²) in [6.45, 7) is 5.27. The molecule has 1 aromatic rings. The molecule has 0 spiro atoms. The van der Waals surface area contributed by atoms with E-state index >= 15 is 0 Å². The first kappa shape index (κ1) is 11.1. The van der Waals surface area contributed by atoms with Crippen LogP contribution in [-0.2, 0) is 4.79 Å². The first-order valence-corrected chi connectivity index (χ1v) is 5.48. The Morgan fingerprint density at radius 1 is 1.56 bits per heavy atom. The third-order valence-corrected chi connectivity index (χ3v) is 3.17. The first-order valence-electron chi connectivity index (χ1n) is 5.48. The van der Waals surface area contributed by atoms with Crippen LogP contribution in [0.4, 0.5) is 0 Å². The minimum atomic E-state index is -0.306. The second-order valence-corrected chi connectivity index (χ2v) is 4.44. The van der Waals surface area contributed by atoms with Crippen LogP contribution < -0.4 is 5.73 Å². The zero-order valence-corrected chi connectivity index (χ0v) is 9.58. The molecule has 1 fully saturated rings. The number of likely N-dealkylation sites (tertiary alicyclic amines) is 1. The molecule has 2 heterocycles. The molecular formula is C10H17N5O. The Balaban J connectivity index is 2.03. The van der Waals surface area contributed by atoms with Crippen molar-refractivity contribution >= 4 is 5.91 Å². The lowest BCUT2D eigenvalue weighted by molar-refractivity contribution is -0.133. The third kappa shape index (κ3) is 1.92. The Morgan fingerprint density at radius 2 is 2.31 bits per heavy atom. The van der Waals surface area contributed by atoms with E-state index in [0.717, 1.165) is 6.54 Å². The molecule has 2 N–H and O–H groups in total. The van der Waals surface area contributed by atoms with Gasteiger partial charge in [-0.15, -0.1) is 0 Å². The molecule has 1 aliphatic heterocycles. The predicted molar refractivity (Wildman–Crippen MR) is 58.5 cm³/mol. The van der Waals surface area contributed by atoms with E-state index in [1.807, 2.05) is 11.8 Å². The molecule has 0 saturated carbocycles. The summed E-state index contributed by atoms with van der Waals surface area (Å²) in [4.78, 5) is 17.8. The van der Waals surface area contributed by atoms with Crippen LogP contribution in [0, 0.1) is 5.92 Å². The van der Waals surface area contributed by atoms with E-state index in [1.165, 1.54) is 6.33 Å². The fraction of sp³-hybridized carbons (Fsp3) is 0.700. The Hall–Kier alpha value is -1.43. The molecule has 0 aromatic carbocycles. The Morgan fingerprint density at radius 3 is 2.81 bits per heavy atom. The second kappa shape index (κ2) is 4.21. The van der Waals surface area contributed by atoms with Gasteiger partial charge in [0.15, 0.2) is 0 Å². The number of carbonyl (C=O) groups excluding carboxylic acids is 1. The molecule has 3 unspecified atom stereocenters. The molecule has 6 heteroatoms. The lowest BCUT2D eigenvalue weighted by Gasteiger charge is -2.20. The molecule has 0 bridgehead atoms. The molecule has 1 aromatic heterocycles. The number of hydrogen-bond donors (Lipinski definition) is 1. The molecule has 6 nitrogen and oxygen atoms in total. The van der Waals surface area contributed by atoms with E-state index in [1.54, 1.807) is 11.0 Å². The number of hydrogen-bond acceptors (Lipinski definition) is 4. The number of nitrogens with zero attached hydrogens (tertiary/aromatic N) is 4. The number of nitrogens with two attached hydrogens (primary N) is 1. The van der Waals surface area contributed by atoms with Gasteiger partial charge >= 0.3 is 0 Å². The molecule has 16 heavy (non-hydrogen) atoms. The average molecular weight is 223 g/mol. The standard InChI is InChI=1S/C10H17N5O/c1-7-3-14(4-9(7)11)10(16)8(2)15-6-12-5-13-15/h5-9H,3-4,11H2,1-2H3. The molecule has 0 radical (unpaired) electrons. The number of carbonyl (C=O) groups is 1. The SMILES string of the molecule is CC1CN(C(=O)C(C)n2cncn2)CC1N. The monoisotopic (exact) mass is 223 g/mol. The van der Waals surface area contributed by atoms with Crippen molar-refractivity contribution in [3.63, 3.8) is 0 Å². The van der Waals surface area contributed by atoms with Crippen molar-refractivity contribution in [2.45, 2.75) is 25.9 Å². The van der Waals surface area contributed by atoms with Crippen molar-refractivity contribution in [3.05, 3.63) is 12.7 Å². The minimum Gasteiger partial charge on any atom is -0.339 e. The zero-order chi connectivity index (χ0) is 11.7. The van der Waals surface area contributed by atoms with Gasteiger partial charge in [0.25, 0.3) is 0 Å². The summed E-state index contributed by atoms with van der Waals surface area (Å²) in [7, 11) is 0. The summed E-state index contributed by atoms with van der Waals surface area (Å²) in [6, 6.07) is -0.216. The van der Waals surface area contributed by atoms with E-state index in [-0.39, 0.29) is 18.0 Å². The summed E-state index contributed by atoms with van der Waals surface area (Å²) in [5, 5.41) is 3.97. The van der Waals surface area contributed by atoms with E-state index < -0.39 is 0 Å². The van der Waals surface area contributed by atoms with Crippen molar-refractivity contribution in [2.75, 3.05) is 13.1 Å². The Bertz CT molecular complexity index is 353. The Labute approximate surface area is 94.4 Å². The number of rotatable bonds is 2. The normalized spacial score (nSPS) is 27.1. The molecular weight excluding hydrogens is 206 g/mol. The fourth-order valence-corrected chi connectivity index (χ4v) is 1.97. The summed E-state index contributed by atoms with van der Waals surface area (Å²) >= 11 is 0. The summed E-state index contributed by atoms with van der Waals surface area (Å²) in [6.07, 6.45) is 2.99. The van der Waals surface area contributed by atoms with Crippen molar-refractivity contribution in [1.29, 1.82) is 0 Å². The van der Waals surface area contributed by atoms with Gasteiger partial charge in [-0.3, -0.25) is 4.79 Å². The van der Waals surface area contributed by atoms with Gasteiger partial charge in [0.05, 0.1) is 0 Å². The van der Waals surface area contributed by atoms with Crippen molar-refractivity contribution in [1.82, 2.24) is 19.7 Å². The highest BCUT2D eigenvalue weighted by atomic mass is 16.2. The molecule has 3 atom stereocenters. The maximum absolute atomic E-state index is 12.1. The third-order valence-electron chi connectivity index (χ3n) is 3.17. The van der Waals surface area contributed by atoms with Gasteiger partial charge in [0.2, 0.25) is 5.91 Å². The lowest BCUT2D eigenvalue weighted by Crippen LogP contribution is -2.36. The van der Waals surface area contributed by atoms with E-state index in [0.29, 0.717) is 12.5 Å². The van der Waals surface area contributed by atoms with E-state index in [4.69, 9.17) is 5.73 Å². The topological polar surface area (TPSA) is 77.0 Å². The zero-order valence-electron chi connectivity index (χ0n) is 9.58. The van der Waals surface area contributed by atoms with Crippen LogP contribution in [0.15, 0.2) is 12.7 Å². The first-order chi connectivity index (χ1) is 7.59. The molecule has 2 rings (SSSR count).